The van der Waals surface area contributed by atoms with Crippen LogP contribution in [0.3, 0.4) is 0 Å². The number of hydrogen-bond acceptors (Lipinski definition) is 2. The maximum atomic E-state index is 5.10. The first-order chi connectivity index (χ1) is 13.1. The predicted octanol–water partition coefficient (Wildman–Crippen LogP) is 6.48. The maximum Gasteiger partial charge on any atom is 0.100 e. The van der Waals surface area contributed by atoms with Crippen molar-refractivity contribution in [1.82, 2.24) is 14.4 Å². The lowest BCUT2D eigenvalue weighted by molar-refractivity contribution is 0.697. The van der Waals surface area contributed by atoms with E-state index in [1.165, 1.54) is 53.7 Å². The van der Waals surface area contributed by atoms with Gasteiger partial charge < -0.3 is 4.40 Å². The van der Waals surface area contributed by atoms with Crippen LogP contribution >= 0.6 is 0 Å². The fraction of sp³-hybridized carbons (Fsp3) is 0.417. The fourth-order valence-electron chi connectivity index (χ4n) is 4.35. The molecule has 0 saturated heterocycles. The molecule has 0 atom stereocenters. The van der Waals surface area contributed by atoms with Gasteiger partial charge in [0.05, 0.1) is 16.9 Å². The summed E-state index contributed by atoms with van der Waals surface area (Å²) in [5, 5.41) is 0. The Kier molecular flexibility index (Phi) is 4.86. The SMILES string of the molecule is C=C(CCC)c1cc2c(-c3cc(C)cc(C4CCCC4)n3)cc(C)n2cn1. The van der Waals surface area contributed by atoms with Crippen LogP contribution < -0.4 is 0 Å². The third-order valence-electron chi connectivity index (χ3n) is 5.81. The van der Waals surface area contributed by atoms with Crippen molar-refractivity contribution in [1.29, 1.82) is 0 Å². The van der Waals surface area contributed by atoms with Gasteiger partial charge in [-0.25, -0.2) is 4.98 Å². The summed E-state index contributed by atoms with van der Waals surface area (Å²) >= 11 is 0. The third kappa shape index (κ3) is 3.43. The van der Waals surface area contributed by atoms with Crippen molar-refractivity contribution in [2.24, 2.45) is 0 Å². The number of nitrogens with zero attached hydrogens (tertiary/aromatic N) is 3. The van der Waals surface area contributed by atoms with Crippen LogP contribution in [0, 0.1) is 13.8 Å². The second-order valence-electron chi connectivity index (χ2n) is 8.02. The van der Waals surface area contributed by atoms with Gasteiger partial charge in [0.1, 0.15) is 6.33 Å². The number of rotatable bonds is 5. The van der Waals surface area contributed by atoms with Crippen molar-refractivity contribution < 1.29 is 0 Å². The summed E-state index contributed by atoms with van der Waals surface area (Å²) in [7, 11) is 0. The first-order valence-electron chi connectivity index (χ1n) is 10.2. The number of pyridine rings is 1. The molecule has 0 N–H and O–H groups in total. The number of hydrogen-bond donors (Lipinski definition) is 0. The molecular formula is C24H29N3. The largest absolute Gasteiger partial charge is 0.304 e. The Morgan fingerprint density at radius 3 is 2.67 bits per heavy atom. The van der Waals surface area contributed by atoms with Crippen LogP contribution in [0.4, 0.5) is 0 Å². The van der Waals surface area contributed by atoms with Crippen molar-refractivity contribution in [2.75, 3.05) is 0 Å². The average Bonchev–Trinajstić information content (AvgIpc) is 3.30. The van der Waals surface area contributed by atoms with E-state index in [-0.39, 0.29) is 0 Å². The highest BCUT2D eigenvalue weighted by molar-refractivity contribution is 5.82. The van der Waals surface area contributed by atoms with Crippen LogP contribution in [-0.4, -0.2) is 14.4 Å². The van der Waals surface area contributed by atoms with Crippen LogP contribution in [0.15, 0.2) is 37.2 Å². The average molecular weight is 360 g/mol. The highest BCUT2D eigenvalue weighted by Gasteiger charge is 2.20. The molecule has 0 unspecified atom stereocenters. The highest BCUT2D eigenvalue weighted by atomic mass is 15.0. The zero-order valence-corrected chi connectivity index (χ0v) is 16.8. The molecule has 0 amide bonds. The molecule has 1 fully saturated rings. The summed E-state index contributed by atoms with van der Waals surface area (Å²) in [6.07, 6.45) is 9.21. The second kappa shape index (κ2) is 7.30. The van der Waals surface area contributed by atoms with E-state index in [1.807, 2.05) is 6.33 Å². The molecule has 140 valence electrons. The van der Waals surface area contributed by atoms with Gasteiger partial charge in [-0.15, -0.1) is 0 Å². The Morgan fingerprint density at radius 1 is 1.15 bits per heavy atom. The zero-order valence-electron chi connectivity index (χ0n) is 16.8. The Hall–Kier alpha value is -2.42. The fourth-order valence-corrected chi connectivity index (χ4v) is 4.35. The van der Waals surface area contributed by atoms with Crippen LogP contribution in [-0.2, 0) is 0 Å². The summed E-state index contributed by atoms with van der Waals surface area (Å²) in [5.74, 6) is 0.625. The van der Waals surface area contributed by atoms with Crippen molar-refractivity contribution in [3.63, 3.8) is 0 Å². The predicted molar refractivity (Wildman–Crippen MR) is 113 cm³/mol. The Labute approximate surface area is 162 Å². The molecule has 3 aromatic heterocycles. The lowest BCUT2D eigenvalue weighted by Gasteiger charge is -2.12. The smallest absolute Gasteiger partial charge is 0.100 e. The lowest BCUT2D eigenvalue weighted by Crippen LogP contribution is -1.99. The van der Waals surface area contributed by atoms with E-state index >= 15 is 0 Å². The van der Waals surface area contributed by atoms with E-state index in [0.29, 0.717) is 5.92 Å². The van der Waals surface area contributed by atoms with E-state index in [0.717, 1.165) is 29.8 Å². The van der Waals surface area contributed by atoms with Gasteiger partial charge in [-0.3, -0.25) is 4.98 Å². The minimum atomic E-state index is 0.625. The number of allylic oxidation sites excluding steroid dienone is 1. The highest BCUT2D eigenvalue weighted by Crippen LogP contribution is 2.36. The van der Waals surface area contributed by atoms with Crippen molar-refractivity contribution >= 4 is 11.1 Å². The van der Waals surface area contributed by atoms with Crippen LogP contribution in [0.1, 0.15) is 74.0 Å². The van der Waals surface area contributed by atoms with Gasteiger partial charge in [-0.2, -0.15) is 0 Å². The number of aryl methyl sites for hydroxylation is 2. The van der Waals surface area contributed by atoms with Crippen molar-refractivity contribution in [3.05, 3.63) is 59.8 Å². The molecular weight excluding hydrogens is 330 g/mol. The number of aromatic nitrogens is 3. The minimum absolute atomic E-state index is 0.625. The monoisotopic (exact) mass is 359 g/mol. The van der Waals surface area contributed by atoms with E-state index in [4.69, 9.17) is 4.98 Å². The van der Waals surface area contributed by atoms with E-state index in [9.17, 15) is 0 Å². The van der Waals surface area contributed by atoms with Gasteiger partial charge in [-0.1, -0.05) is 32.8 Å². The molecule has 3 heterocycles. The van der Waals surface area contributed by atoms with Crippen LogP contribution in [0.25, 0.3) is 22.3 Å². The molecule has 4 rings (SSSR count). The van der Waals surface area contributed by atoms with Crippen LogP contribution in [0.5, 0.6) is 0 Å². The standard InChI is InChI=1S/C24H29N3/c1-5-8-17(3)21-14-24-20(13-18(4)27(24)15-25-21)23-12-16(2)11-22(26-23)19-9-6-7-10-19/h11-15,19H,3,5-10H2,1-2,4H3. The topological polar surface area (TPSA) is 30.2 Å². The molecule has 3 heteroatoms. The van der Waals surface area contributed by atoms with E-state index in [1.54, 1.807) is 0 Å². The third-order valence-corrected chi connectivity index (χ3v) is 5.81. The van der Waals surface area contributed by atoms with Crippen LogP contribution in [0.2, 0.25) is 0 Å². The van der Waals surface area contributed by atoms with Gasteiger partial charge >= 0.3 is 0 Å². The quantitative estimate of drug-likeness (QED) is 0.521. The van der Waals surface area contributed by atoms with Gasteiger partial charge in [0, 0.05) is 22.9 Å². The summed E-state index contributed by atoms with van der Waals surface area (Å²) in [6.45, 7) is 10.7. The molecule has 27 heavy (non-hydrogen) atoms. The van der Waals surface area contributed by atoms with Gasteiger partial charge in [0.25, 0.3) is 0 Å². The van der Waals surface area contributed by atoms with Crippen molar-refractivity contribution in [2.45, 2.75) is 65.2 Å². The summed E-state index contributed by atoms with van der Waals surface area (Å²) in [6, 6.07) is 8.91. The maximum absolute atomic E-state index is 5.10. The minimum Gasteiger partial charge on any atom is -0.304 e. The summed E-state index contributed by atoms with van der Waals surface area (Å²) < 4.78 is 2.16. The van der Waals surface area contributed by atoms with Gasteiger partial charge in [0.15, 0.2) is 0 Å². The molecule has 0 aliphatic heterocycles. The molecule has 0 bridgehead atoms. The Balaban J connectivity index is 1.83. The first kappa shape index (κ1) is 18.0. The molecule has 0 radical (unpaired) electrons. The number of fused-ring (bicyclic) bond motifs is 1. The van der Waals surface area contributed by atoms with E-state index < -0.39 is 0 Å². The zero-order chi connectivity index (χ0) is 19.0. The van der Waals surface area contributed by atoms with E-state index in [2.05, 4.69) is 61.0 Å². The Morgan fingerprint density at radius 2 is 1.93 bits per heavy atom. The molecule has 3 nitrogen and oxygen atoms in total. The second-order valence-corrected chi connectivity index (χ2v) is 8.02. The molecule has 1 saturated carbocycles. The normalized spacial score (nSPS) is 14.9. The summed E-state index contributed by atoms with van der Waals surface area (Å²) in [4.78, 5) is 9.74. The molecule has 0 spiro atoms. The molecule has 1 aliphatic carbocycles. The molecule has 3 aromatic rings. The van der Waals surface area contributed by atoms with Gasteiger partial charge in [-0.05, 0) is 68.5 Å². The summed E-state index contributed by atoms with van der Waals surface area (Å²) in [5.41, 5.74) is 9.30. The van der Waals surface area contributed by atoms with Gasteiger partial charge in [0.2, 0.25) is 0 Å². The molecule has 0 aromatic carbocycles. The lowest BCUT2D eigenvalue weighted by atomic mass is 10.00. The Bertz CT molecular complexity index is 990. The molecule has 1 aliphatic rings. The van der Waals surface area contributed by atoms with Crippen molar-refractivity contribution in [3.8, 4) is 11.3 Å². The first-order valence-corrected chi connectivity index (χ1v) is 10.2.